The minimum absolute atomic E-state index is 0.822. The maximum absolute atomic E-state index is 5.51. The summed E-state index contributed by atoms with van der Waals surface area (Å²) in [5, 5.41) is 0. The fourth-order valence-electron chi connectivity index (χ4n) is 2.91. The molecule has 0 aliphatic carbocycles. The quantitative estimate of drug-likeness (QED) is 0.601. The number of methoxy groups -OCH3 is 1. The van der Waals surface area contributed by atoms with E-state index in [-0.39, 0.29) is 0 Å². The van der Waals surface area contributed by atoms with Crippen molar-refractivity contribution in [3.63, 3.8) is 0 Å². The first kappa shape index (κ1) is 17.2. The standard InChI is InChI=1S/C20H24N4O/c1-25-20-9-3-2-7-18(20)15-24(16-19-8-4-5-10-22-19)13-6-12-23-14-11-21-17-23/h2-5,7-11,14,17H,6,12-13,15-16H2,1H3. The van der Waals surface area contributed by atoms with Crippen LogP contribution in [0.25, 0.3) is 0 Å². The van der Waals surface area contributed by atoms with Crippen LogP contribution in [-0.2, 0) is 19.6 Å². The molecular weight excluding hydrogens is 312 g/mol. The number of aryl methyl sites for hydroxylation is 1. The SMILES string of the molecule is COc1ccccc1CN(CCCn1ccnc1)Cc1ccccn1. The number of aromatic nitrogens is 3. The zero-order valence-electron chi connectivity index (χ0n) is 14.6. The van der Waals surface area contributed by atoms with Crippen molar-refractivity contribution in [3.05, 3.63) is 78.6 Å². The molecule has 0 bridgehead atoms. The summed E-state index contributed by atoms with van der Waals surface area (Å²) < 4.78 is 7.62. The van der Waals surface area contributed by atoms with Gasteiger partial charge in [-0.1, -0.05) is 24.3 Å². The van der Waals surface area contributed by atoms with Crippen LogP contribution in [0.5, 0.6) is 5.75 Å². The van der Waals surface area contributed by atoms with Gasteiger partial charge in [-0.25, -0.2) is 4.98 Å². The number of imidazole rings is 1. The van der Waals surface area contributed by atoms with Crippen LogP contribution in [0.2, 0.25) is 0 Å². The first-order valence-corrected chi connectivity index (χ1v) is 8.55. The third kappa shape index (κ3) is 5.16. The first-order chi connectivity index (χ1) is 12.3. The van der Waals surface area contributed by atoms with Crippen LogP contribution in [0.3, 0.4) is 0 Å². The molecule has 0 radical (unpaired) electrons. The molecule has 0 fully saturated rings. The average Bonchev–Trinajstić information content (AvgIpc) is 3.16. The molecule has 0 saturated carbocycles. The van der Waals surface area contributed by atoms with Gasteiger partial charge in [0, 0.05) is 50.3 Å². The van der Waals surface area contributed by atoms with Crippen LogP contribution >= 0.6 is 0 Å². The van der Waals surface area contributed by atoms with Crippen molar-refractivity contribution in [1.29, 1.82) is 0 Å². The number of para-hydroxylation sites is 1. The summed E-state index contributed by atoms with van der Waals surface area (Å²) in [4.78, 5) is 11.0. The molecule has 0 aliphatic rings. The molecule has 0 amide bonds. The van der Waals surface area contributed by atoms with Crippen LogP contribution < -0.4 is 4.74 Å². The van der Waals surface area contributed by atoms with Gasteiger partial charge in [0.1, 0.15) is 5.75 Å². The second-order valence-electron chi connectivity index (χ2n) is 6.00. The van der Waals surface area contributed by atoms with Crippen molar-refractivity contribution < 1.29 is 4.74 Å². The molecular formula is C20H24N4O. The Labute approximate surface area is 148 Å². The van der Waals surface area contributed by atoms with E-state index in [1.807, 2.05) is 49.2 Å². The zero-order valence-corrected chi connectivity index (χ0v) is 14.6. The molecule has 0 unspecified atom stereocenters. The minimum Gasteiger partial charge on any atom is -0.496 e. The van der Waals surface area contributed by atoms with Crippen LogP contribution in [0.1, 0.15) is 17.7 Å². The van der Waals surface area contributed by atoms with Gasteiger partial charge < -0.3 is 9.30 Å². The van der Waals surface area contributed by atoms with Crippen molar-refractivity contribution in [2.75, 3.05) is 13.7 Å². The van der Waals surface area contributed by atoms with Gasteiger partial charge >= 0.3 is 0 Å². The molecule has 0 N–H and O–H groups in total. The first-order valence-electron chi connectivity index (χ1n) is 8.55. The van der Waals surface area contributed by atoms with Gasteiger partial charge in [-0.3, -0.25) is 9.88 Å². The predicted octanol–water partition coefficient (Wildman–Crippen LogP) is 3.38. The summed E-state index contributed by atoms with van der Waals surface area (Å²) in [5.74, 6) is 0.933. The fraction of sp³-hybridized carbons (Fsp3) is 0.300. The van der Waals surface area contributed by atoms with E-state index < -0.39 is 0 Å². The summed E-state index contributed by atoms with van der Waals surface area (Å²) >= 11 is 0. The third-order valence-corrected chi connectivity index (χ3v) is 4.15. The zero-order chi connectivity index (χ0) is 17.3. The Morgan fingerprint density at radius 1 is 1.04 bits per heavy atom. The van der Waals surface area contributed by atoms with E-state index in [4.69, 9.17) is 4.74 Å². The number of pyridine rings is 1. The van der Waals surface area contributed by atoms with Gasteiger partial charge in [0.25, 0.3) is 0 Å². The molecule has 0 spiro atoms. The molecule has 0 atom stereocenters. The summed E-state index contributed by atoms with van der Waals surface area (Å²) in [7, 11) is 1.72. The van der Waals surface area contributed by atoms with E-state index in [0.29, 0.717) is 0 Å². The molecule has 25 heavy (non-hydrogen) atoms. The van der Waals surface area contributed by atoms with E-state index in [1.54, 1.807) is 7.11 Å². The van der Waals surface area contributed by atoms with Gasteiger partial charge in [-0.2, -0.15) is 0 Å². The second kappa shape index (κ2) is 8.99. The molecule has 1 aromatic carbocycles. The summed E-state index contributed by atoms with van der Waals surface area (Å²) in [6.45, 7) is 3.60. The summed E-state index contributed by atoms with van der Waals surface area (Å²) in [6.07, 6.45) is 8.59. The predicted molar refractivity (Wildman–Crippen MR) is 98.2 cm³/mol. The van der Waals surface area contributed by atoms with Crippen molar-refractivity contribution >= 4 is 0 Å². The number of benzene rings is 1. The largest absolute Gasteiger partial charge is 0.496 e. The van der Waals surface area contributed by atoms with E-state index in [9.17, 15) is 0 Å². The van der Waals surface area contributed by atoms with Gasteiger partial charge in [-0.05, 0) is 24.6 Å². The molecule has 3 aromatic rings. The third-order valence-electron chi connectivity index (χ3n) is 4.15. The van der Waals surface area contributed by atoms with Gasteiger partial charge in [0.15, 0.2) is 0 Å². The van der Waals surface area contributed by atoms with E-state index >= 15 is 0 Å². The van der Waals surface area contributed by atoms with Crippen LogP contribution in [0.15, 0.2) is 67.4 Å². The molecule has 2 heterocycles. The highest BCUT2D eigenvalue weighted by Crippen LogP contribution is 2.20. The topological polar surface area (TPSA) is 43.2 Å². The van der Waals surface area contributed by atoms with E-state index in [0.717, 1.165) is 44.0 Å². The number of ether oxygens (including phenoxy) is 1. The molecule has 0 aliphatic heterocycles. The highest BCUT2D eigenvalue weighted by atomic mass is 16.5. The second-order valence-corrected chi connectivity index (χ2v) is 6.00. The van der Waals surface area contributed by atoms with Crippen LogP contribution in [0.4, 0.5) is 0 Å². The molecule has 5 nitrogen and oxygen atoms in total. The summed E-state index contributed by atoms with van der Waals surface area (Å²) in [5.41, 5.74) is 2.28. The maximum Gasteiger partial charge on any atom is 0.123 e. The van der Waals surface area contributed by atoms with Crippen molar-refractivity contribution in [3.8, 4) is 5.75 Å². The molecule has 130 valence electrons. The minimum atomic E-state index is 0.822. The van der Waals surface area contributed by atoms with E-state index in [1.165, 1.54) is 5.56 Å². The van der Waals surface area contributed by atoms with Crippen LogP contribution in [-0.4, -0.2) is 33.1 Å². The lowest BCUT2D eigenvalue weighted by Gasteiger charge is -2.23. The van der Waals surface area contributed by atoms with Gasteiger partial charge in [0.05, 0.1) is 19.1 Å². The Bertz CT molecular complexity index is 743. The van der Waals surface area contributed by atoms with Crippen LogP contribution in [0, 0.1) is 0 Å². The van der Waals surface area contributed by atoms with E-state index in [2.05, 4.69) is 37.6 Å². The van der Waals surface area contributed by atoms with Crippen molar-refractivity contribution in [2.24, 2.45) is 0 Å². The summed E-state index contributed by atoms with van der Waals surface area (Å²) in [6, 6.07) is 14.3. The normalized spacial score (nSPS) is 11.0. The number of rotatable bonds is 9. The highest BCUT2D eigenvalue weighted by molar-refractivity contribution is 5.33. The Morgan fingerprint density at radius 2 is 1.92 bits per heavy atom. The Kier molecular flexibility index (Phi) is 6.17. The molecule has 3 rings (SSSR count). The lowest BCUT2D eigenvalue weighted by atomic mass is 10.1. The lowest BCUT2D eigenvalue weighted by molar-refractivity contribution is 0.242. The molecule has 0 saturated heterocycles. The highest BCUT2D eigenvalue weighted by Gasteiger charge is 2.11. The van der Waals surface area contributed by atoms with Gasteiger partial charge in [0.2, 0.25) is 0 Å². The Morgan fingerprint density at radius 3 is 2.68 bits per heavy atom. The smallest absolute Gasteiger partial charge is 0.123 e. The van der Waals surface area contributed by atoms with Crippen molar-refractivity contribution in [1.82, 2.24) is 19.4 Å². The monoisotopic (exact) mass is 336 g/mol. The lowest BCUT2D eigenvalue weighted by Crippen LogP contribution is -2.25. The fourth-order valence-corrected chi connectivity index (χ4v) is 2.91. The molecule has 5 heteroatoms. The number of nitrogens with zero attached hydrogens (tertiary/aromatic N) is 4. The Hall–Kier alpha value is -2.66. The van der Waals surface area contributed by atoms with Gasteiger partial charge in [-0.15, -0.1) is 0 Å². The van der Waals surface area contributed by atoms with Crippen molar-refractivity contribution in [2.45, 2.75) is 26.1 Å². The maximum atomic E-state index is 5.51. The molecule has 2 aromatic heterocycles. The Balaban J connectivity index is 1.66. The number of hydrogen-bond donors (Lipinski definition) is 0. The number of hydrogen-bond acceptors (Lipinski definition) is 4. The average molecular weight is 336 g/mol.